The van der Waals surface area contributed by atoms with Gasteiger partial charge in [0.05, 0.1) is 5.69 Å². The van der Waals surface area contributed by atoms with Crippen molar-refractivity contribution in [3.8, 4) is 5.95 Å². The van der Waals surface area contributed by atoms with Gasteiger partial charge in [-0.05, 0) is 32.8 Å². The Morgan fingerprint density at radius 2 is 1.72 bits per heavy atom. The van der Waals surface area contributed by atoms with Crippen LogP contribution in [0.15, 0.2) is 6.07 Å². The van der Waals surface area contributed by atoms with Gasteiger partial charge in [0.25, 0.3) is 5.95 Å². The molecule has 0 unspecified atom stereocenters. The molecular weight excluding hydrogens is 226 g/mol. The van der Waals surface area contributed by atoms with Crippen LogP contribution in [0.25, 0.3) is 5.95 Å². The van der Waals surface area contributed by atoms with Crippen LogP contribution in [0.5, 0.6) is 0 Å². The van der Waals surface area contributed by atoms with Gasteiger partial charge in [-0.2, -0.15) is 9.78 Å². The molecule has 2 aromatic rings. The highest BCUT2D eigenvalue weighted by Gasteiger charge is 2.15. The smallest absolute Gasteiger partial charge is 0.252 e. The Balaban J connectivity index is 2.60. The summed E-state index contributed by atoms with van der Waals surface area (Å²) in [6.07, 6.45) is 1.74. The van der Waals surface area contributed by atoms with Gasteiger partial charge in [-0.25, -0.2) is 9.97 Å². The number of nitrogens with two attached hydrogens (primary N) is 1. The van der Waals surface area contributed by atoms with E-state index in [9.17, 15) is 0 Å². The molecule has 0 amide bonds. The zero-order valence-corrected chi connectivity index (χ0v) is 11.4. The maximum atomic E-state index is 6.14. The molecule has 2 aromatic heterocycles. The fourth-order valence-corrected chi connectivity index (χ4v) is 2.13. The molecule has 0 aliphatic rings. The van der Waals surface area contributed by atoms with Crippen LogP contribution in [0.3, 0.4) is 0 Å². The Hall–Kier alpha value is -1.91. The summed E-state index contributed by atoms with van der Waals surface area (Å²) in [5, 5.41) is 4.52. The van der Waals surface area contributed by atoms with Gasteiger partial charge in [0.15, 0.2) is 0 Å². The lowest BCUT2D eigenvalue weighted by atomic mass is 10.1. The first-order valence-corrected chi connectivity index (χ1v) is 6.25. The van der Waals surface area contributed by atoms with Crippen LogP contribution in [-0.2, 0) is 12.8 Å². The average Bonchev–Trinajstić information content (AvgIpc) is 2.64. The minimum atomic E-state index is 0.555. The number of hydrogen-bond donors (Lipinski definition) is 1. The topological polar surface area (TPSA) is 69.6 Å². The van der Waals surface area contributed by atoms with E-state index >= 15 is 0 Å². The van der Waals surface area contributed by atoms with E-state index in [1.165, 1.54) is 0 Å². The molecule has 5 nitrogen and oxygen atoms in total. The molecular formula is C13H19N5. The van der Waals surface area contributed by atoms with Crippen molar-refractivity contribution in [2.45, 2.75) is 40.5 Å². The van der Waals surface area contributed by atoms with E-state index in [-0.39, 0.29) is 0 Å². The van der Waals surface area contributed by atoms with Crippen molar-refractivity contribution in [2.24, 2.45) is 0 Å². The Bertz CT molecular complexity index is 551. The molecule has 2 N–H and O–H groups in total. The molecule has 0 spiro atoms. The predicted octanol–water partition coefficient (Wildman–Crippen LogP) is 1.99. The van der Waals surface area contributed by atoms with Crippen molar-refractivity contribution in [1.29, 1.82) is 0 Å². The lowest BCUT2D eigenvalue weighted by Gasteiger charge is -2.04. The molecule has 0 atom stereocenters. The Morgan fingerprint density at radius 3 is 2.17 bits per heavy atom. The van der Waals surface area contributed by atoms with Crippen molar-refractivity contribution in [2.75, 3.05) is 5.73 Å². The molecule has 0 radical (unpaired) electrons. The number of hydrogen-bond acceptors (Lipinski definition) is 4. The van der Waals surface area contributed by atoms with Gasteiger partial charge in [0.2, 0.25) is 0 Å². The summed E-state index contributed by atoms with van der Waals surface area (Å²) in [4.78, 5) is 8.79. The zero-order chi connectivity index (χ0) is 13.3. The highest BCUT2D eigenvalue weighted by atomic mass is 15.4. The fourth-order valence-electron chi connectivity index (χ4n) is 2.13. The molecule has 2 heterocycles. The second kappa shape index (κ2) is 4.76. The van der Waals surface area contributed by atoms with Gasteiger partial charge in [0, 0.05) is 17.0 Å². The Morgan fingerprint density at radius 1 is 1.11 bits per heavy atom. The third-order valence-electron chi connectivity index (χ3n) is 2.95. The first-order valence-electron chi connectivity index (χ1n) is 6.25. The van der Waals surface area contributed by atoms with Crippen LogP contribution in [-0.4, -0.2) is 19.7 Å². The summed E-state index contributed by atoms with van der Waals surface area (Å²) in [7, 11) is 0. The molecule has 0 saturated heterocycles. The minimum absolute atomic E-state index is 0.555. The monoisotopic (exact) mass is 245 g/mol. The Labute approximate surface area is 107 Å². The highest BCUT2D eigenvalue weighted by molar-refractivity contribution is 5.47. The van der Waals surface area contributed by atoms with Gasteiger partial charge in [-0.1, -0.05) is 13.8 Å². The van der Waals surface area contributed by atoms with Gasteiger partial charge >= 0.3 is 0 Å². The van der Waals surface area contributed by atoms with Crippen LogP contribution in [0, 0.1) is 13.8 Å². The number of nitrogens with zero attached hydrogens (tertiary/aromatic N) is 4. The molecule has 0 aliphatic carbocycles. The van der Waals surface area contributed by atoms with E-state index in [0.717, 1.165) is 35.5 Å². The van der Waals surface area contributed by atoms with Gasteiger partial charge in [0.1, 0.15) is 5.82 Å². The SMILES string of the molecule is CCc1nn(-c2nc(C)cc(C)n2)c(N)c1CC. The number of rotatable bonds is 3. The van der Waals surface area contributed by atoms with Crippen LogP contribution in [0.4, 0.5) is 5.82 Å². The Kier molecular flexibility index (Phi) is 3.32. The second-order valence-electron chi connectivity index (χ2n) is 4.38. The van der Waals surface area contributed by atoms with Crippen LogP contribution in [0.2, 0.25) is 0 Å². The van der Waals surface area contributed by atoms with E-state index in [4.69, 9.17) is 5.73 Å². The summed E-state index contributed by atoms with van der Waals surface area (Å²) in [6.45, 7) is 8.05. The molecule has 96 valence electrons. The summed E-state index contributed by atoms with van der Waals surface area (Å²) in [5.74, 6) is 1.21. The van der Waals surface area contributed by atoms with Gasteiger partial charge in [-0.15, -0.1) is 0 Å². The number of nitrogen functional groups attached to an aromatic ring is 1. The van der Waals surface area contributed by atoms with Crippen molar-refractivity contribution in [1.82, 2.24) is 19.7 Å². The maximum absolute atomic E-state index is 6.14. The van der Waals surface area contributed by atoms with Crippen LogP contribution in [0.1, 0.15) is 36.5 Å². The van der Waals surface area contributed by atoms with Crippen molar-refractivity contribution >= 4 is 5.82 Å². The summed E-state index contributed by atoms with van der Waals surface area (Å²) in [6, 6.07) is 1.94. The van der Waals surface area contributed by atoms with Crippen LogP contribution < -0.4 is 5.73 Å². The van der Waals surface area contributed by atoms with Gasteiger partial charge in [-0.3, -0.25) is 0 Å². The normalized spacial score (nSPS) is 10.9. The van der Waals surface area contributed by atoms with Crippen molar-refractivity contribution in [3.63, 3.8) is 0 Å². The zero-order valence-electron chi connectivity index (χ0n) is 11.4. The van der Waals surface area contributed by atoms with E-state index < -0.39 is 0 Å². The van der Waals surface area contributed by atoms with Crippen molar-refractivity contribution < 1.29 is 0 Å². The maximum Gasteiger partial charge on any atom is 0.252 e. The van der Waals surface area contributed by atoms with Crippen molar-refractivity contribution in [3.05, 3.63) is 28.7 Å². The molecule has 5 heteroatoms. The van der Waals surface area contributed by atoms with E-state index in [0.29, 0.717) is 11.8 Å². The third-order valence-corrected chi connectivity index (χ3v) is 2.95. The van der Waals surface area contributed by atoms with Crippen LogP contribution >= 0.6 is 0 Å². The average molecular weight is 245 g/mol. The standard InChI is InChI=1S/C13H19N5/c1-5-10-11(6-2)17-18(12(10)14)13-15-8(3)7-9(4)16-13/h7H,5-6,14H2,1-4H3. The van der Waals surface area contributed by atoms with E-state index in [1.807, 2.05) is 19.9 Å². The number of aryl methyl sites for hydroxylation is 3. The number of aromatic nitrogens is 4. The molecule has 0 bridgehead atoms. The highest BCUT2D eigenvalue weighted by Crippen LogP contribution is 2.20. The lowest BCUT2D eigenvalue weighted by molar-refractivity contribution is 0.781. The van der Waals surface area contributed by atoms with Gasteiger partial charge < -0.3 is 5.73 Å². The molecule has 2 rings (SSSR count). The molecule has 0 aromatic carbocycles. The molecule has 0 aliphatic heterocycles. The lowest BCUT2D eigenvalue weighted by Crippen LogP contribution is -2.08. The molecule has 0 fully saturated rings. The largest absolute Gasteiger partial charge is 0.383 e. The summed E-state index contributed by atoms with van der Waals surface area (Å²) < 4.78 is 1.65. The third kappa shape index (κ3) is 2.08. The van der Waals surface area contributed by atoms with E-state index in [1.54, 1.807) is 4.68 Å². The summed E-state index contributed by atoms with van der Waals surface area (Å²) in [5.41, 5.74) is 10.1. The fraction of sp³-hybridized carbons (Fsp3) is 0.462. The molecule has 18 heavy (non-hydrogen) atoms. The van der Waals surface area contributed by atoms with E-state index in [2.05, 4.69) is 28.9 Å². The quantitative estimate of drug-likeness (QED) is 0.897. The first-order chi connectivity index (χ1) is 8.56. The second-order valence-corrected chi connectivity index (χ2v) is 4.38. The first kappa shape index (κ1) is 12.5. The molecule has 0 saturated carbocycles. The summed E-state index contributed by atoms with van der Waals surface area (Å²) >= 11 is 0. The number of anilines is 1. The predicted molar refractivity (Wildman–Crippen MR) is 71.8 cm³/mol. The minimum Gasteiger partial charge on any atom is -0.383 e.